The van der Waals surface area contributed by atoms with E-state index in [-0.39, 0.29) is 25.0 Å². The van der Waals surface area contributed by atoms with Crippen LogP contribution in [0.25, 0.3) is 0 Å². The molecule has 0 aliphatic heterocycles. The van der Waals surface area contributed by atoms with Gasteiger partial charge in [0.15, 0.2) is 0 Å². The molecule has 2 aromatic carbocycles. The van der Waals surface area contributed by atoms with Crippen LogP contribution in [0.5, 0.6) is 5.75 Å². The van der Waals surface area contributed by atoms with Gasteiger partial charge in [-0.05, 0) is 30.2 Å². The van der Waals surface area contributed by atoms with Crippen LogP contribution < -0.4 is 10.1 Å². The van der Waals surface area contributed by atoms with Gasteiger partial charge in [-0.2, -0.15) is 13.2 Å². The number of ether oxygens (including phenoxy) is 2. The topological polar surface area (TPSA) is 47.6 Å². The number of nitrogens with one attached hydrogen (secondary N) is 1. The van der Waals surface area contributed by atoms with E-state index in [4.69, 9.17) is 9.47 Å². The lowest BCUT2D eigenvalue weighted by Crippen LogP contribution is -2.29. The van der Waals surface area contributed by atoms with Gasteiger partial charge in [0.2, 0.25) is 5.91 Å². The van der Waals surface area contributed by atoms with Gasteiger partial charge in [0, 0.05) is 25.6 Å². The van der Waals surface area contributed by atoms with Crippen LogP contribution in [0, 0.1) is 0 Å². The molecule has 1 unspecified atom stereocenters. The minimum Gasteiger partial charge on any atom is -0.496 e. The fourth-order valence-electron chi connectivity index (χ4n) is 2.67. The Morgan fingerprint density at radius 1 is 1.07 bits per heavy atom. The van der Waals surface area contributed by atoms with Gasteiger partial charge in [0.25, 0.3) is 0 Å². The molecule has 4 nitrogen and oxygen atoms in total. The fourth-order valence-corrected chi connectivity index (χ4v) is 2.67. The van der Waals surface area contributed by atoms with Crippen LogP contribution in [0.4, 0.5) is 13.2 Å². The highest BCUT2D eigenvalue weighted by Crippen LogP contribution is 2.29. The Labute approximate surface area is 156 Å². The monoisotopic (exact) mass is 381 g/mol. The van der Waals surface area contributed by atoms with E-state index in [1.807, 2.05) is 24.3 Å². The Bertz CT molecular complexity index is 745. The van der Waals surface area contributed by atoms with E-state index in [1.165, 1.54) is 12.1 Å². The molecule has 0 saturated heterocycles. The number of para-hydroxylation sites is 1. The molecule has 0 saturated carbocycles. The zero-order valence-corrected chi connectivity index (χ0v) is 15.2. The number of benzene rings is 2. The standard InChI is InChI=1S/C20H22F3NO3/c1-26-17-6-4-3-5-16(17)18(27-2)13-24-19(25)12-9-14-7-10-15(11-8-14)20(21,22)23/h3-8,10-11,18H,9,12-13H2,1-2H3,(H,24,25). The molecule has 2 rings (SSSR count). The second kappa shape index (κ2) is 9.41. The maximum atomic E-state index is 12.6. The number of carbonyl (C=O) groups is 1. The smallest absolute Gasteiger partial charge is 0.416 e. The normalized spacial score (nSPS) is 12.5. The van der Waals surface area contributed by atoms with Crippen LogP contribution in [0.1, 0.15) is 29.2 Å². The summed E-state index contributed by atoms with van der Waals surface area (Å²) in [5.41, 5.74) is 0.798. The van der Waals surface area contributed by atoms with E-state index in [0.29, 0.717) is 17.7 Å². The predicted octanol–water partition coefficient (Wildman–Crippen LogP) is 4.15. The van der Waals surface area contributed by atoms with E-state index < -0.39 is 11.7 Å². The van der Waals surface area contributed by atoms with Crippen molar-refractivity contribution in [2.45, 2.75) is 25.1 Å². The summed E-state index contributed by atoms with van der Waals surface area (Å²) in [6.45, 7) is 0.267. The van der Waals surface area contributed by atoms with Gasteiger partial charge in [0.05, 0.1) is 12.7 Å². The summed E-state index contributed by atoms with van der Waals surface area (Å²) in [4.78, 5) is 12.1. The molecule has 0 bridgehead atoms. The van der Waals surface area contributed by atoms with E-state index >= 15 is 0 Å². The number of halogens is 3. The molecule has 0 spiro atoms. The summed E-state index contributed by atoms with van der Waals surface area (Å²) >= 11 is 0. The first-order chi connectivity index (χ1) is 12.8. The molecule has 1 amide bonds. The second-order valence-corrected chi connectivity index (χ2v) is 5.97. The Hall–Kier alpha value is -2.54. The average molecular weight is 381 g/mol. The highest BCUT2D eigenvalue weighted by atomic mass is 19.4. The summed E-state index contributed by atoms with van der Waals surface area (Å²) < 4.78 is 48.4. The average Bonchev–Trinajstić information content (AvgIpc) is 2.66. The fraction of sp³-hybridized carbons (Fsp3) is 0.350. The van der Waals surface area contributed by atoms with Gasteiger partial charge < -0.3 is 14.8 Å². The molecule has 7 heteroatoms. The largest absolute Gasteiger partial charge is 0.496 e. The van der Waals surface area contributed by atoms with Gasteiger partial charge in [-0.3, -0.25) is 4.79 Å². The molecule has 146 valence electrons. The molecule has 0 radical (unpaired) electrons. The molecule has 0 aliphatic rings. The van der Waals surface area contributed by atoms with Crippen molar-refractivity contribution in [1.29, 1.82) is 0 Å². The number of hydrogen-bond acceptors (Lipinski definition) is 3. The van der Waals surface area contributed by atoms with Crippen LogP contribution in [0.2, 0.25) is 0 Å². The summed E-state index contributed by atoms with van der Waals surface area (Å²) in [6.07, 6.45) is -4.19. The van der Waals surface area contributed by atoms with E-state index in [9.17, 15) is 18.0 Å². The zero-order valence-electron chi connectivity index (χ0n) is 15.2. The SMILES string of the molecule is COc1ccccc1C(CNC(=O)CCc1ccc(C(F)(F)F)cc1)OC. The second-order valence-electron chi connectivity index (χ2n) is 5.97. The third-order valence-electron chi connectivity index (χ3n) is 4.18. The first-order valence-electron chi connectivity index (χ1n) is 8.43. The quantitative estimate of drug-likeness (QED) is 0.747. The van der Waals surface area contributed by atoms with Crippen LogP contribution in [-0.2, 0) is 22.1 Å². The number of hydrogen-bond donors (Lipinski definition) is 1. The molecule has 0 fully saturated rings. The minimum atomic E-state index is -4.36. The maximum Gasteiger partial charge on any atom is 0.416 e. The third-order valence-corrected chi connectivity index (χ3v) is 4.18. The molecule has 0 aliphatic carbocycles. The Kier molecular flexibility index (Phi) is 7.24. The highest BCUT2D eigenvalue weighted by Gasteiger charge is 2.29. The summed E-state index contributed by atoms with van der Waals surface area (Å²) in [5, 5.41) is 2.79. The minimum absolute atomic E-state index is 0.174. The number of alkyl halides is 3. The van der Waals surface area contributed by atoms with Gasteiger partial charge in [0.1, 0.15) is 11.9 Å². The summed E-state index contributed by atoms with van der Waals surface area (Å²) in [7, 11) is 3.11. The summed E-state index contributed by atoms with van der Waals surface area (Å²) in [6, 6.07) is 12.2. The first-order valence-corrected chi connectivity index (χ1v) is 8.43. The van der Waals surface area contributed by atoms with E-state index in [1.54, 1.807) is 14.2 Å². The molecule has 2 aromatic rings. The van der Waals surface area contributed by atoms with Crippen molar-refractivity contribution in [2.24, 2.45) is 0 Å². The Morgan fingerprint density at radius 3 is 2.33 bits per heavy atom. The number of methoxy groups -OCH3 is 2. The number of aryl methyl sites for hydroxylation is 1. The van der Waals surface area contributed by atoms with E-state index in [0.717, 1.165) is 17.7 Å². The molecule has 27 heavy (non-hydrogen) atoms. The van der Waals surface area contributed by atoms with Crippen LogP contribution in [-0.4, -0.2) is 26.7 Å². The van der Waals surface area contributed by atoms with Crippen molar-refractivity contribution in [3.8, 4) is 5.75 Å². The molecule has 0 aromatic heterocycles. The highest BCUT2D eigenvalue weighted by molar-refractivity contribution is 5.76. The van der Waals surface area contributed by atoms with Crippen LogP contribution in [0.15, 0.2) is 48.5 Å². The van der Waals surface area contributed by atoms with Gasteiger partial charge >= 0.3 is 6.18 Å². The first kappa shape index (κ1) is 20.8. The molecular formula is C20H22F3NO3. The van der Waals surface area contributed by atoms with Crippen molar-refractivity contribution < 1.29 is 27.4 Å². The van der Waals surface area contributed by atoms with Gasteiger partial charge in [-0.15, -0.1) is 0 Å². The predicted molar refractivity (Wildman–Crippen MR) is 95.5 cm³/mol. The lowest BCUT2D eigenvalue weighted by molar-refractivity contribution is -0.137. The van der Waals surface area contributed by atoms with Crippen molar-refractivity contribution in [1.82, 2.24) is 5.32 Å². The Balaban J connectivity index is 1.86. The van der Waals surface area contributed by atoms with Crippen molar-refractivity contribution in [2.75, 3.05) is 20.8 Å². The third kappa shape index (κ3) is 5.99. The lowest BCUT2D eigenvalue weighted by atomic mass is 10.1. The molecule has 1 atom stereocenters. The number of carbonyl (C=O) groups excluding carboxylic acids is 1. The van der Waals surface area contributed by atoms with Gasteiger partial charge in [-0.1, -0.05) is 30.3 Å². The molecular weight excluding hydrogens is 359 g/mol. The lowest BCUT2D eigenvalue weighted by Gasteiger charge is -2.19. The van der Waals surface area contributed by atoms with Crippen LogP contribution >= 0.6 is 0 Å². The van der Waals surface area contributed by atoms with Crippen LogP contribution in [0.3, 0.4) is 0 Å². The number of rotatable bonds is 8. The Morgan fingerprint density at radius 2 is 1.74 bits per heavy atom. The molecule has 1 N–H and O–H groups in total. The number of amides is 1. The van der Waals surface area contributed by atoms with Crippen molar-refractivity contribution in [3.63, 3.8) is 0 Å². The maximum absolute atomic E-state index is 12.6. The van der Waals surface area contributed by atoms with Crippen molar-refractivity contribution in [3.05, 3.63) is 65.2 Å². The van der Waals surface area contributed by atoms with Gasteiger partial charge in [-0.25, -0.2) is 0 Å². The zero-order chi connectivity index (χ0) is 19.9. The van der Waals surface area contributed by atoms with E-state index in [2.05, 4.69) is 5.32 Å². The summed E-state index contributed by atoms with van der Waals surface area (Å²) in [5.74, 6) is 0.468. The van der Waals surface area contributed by atoms with Crippen molar-refractivity contribution >= 4 is 5.91 Å². The molecule has 0 heterocycles.